The largest absolute Gasteiger partial charge is 0.493 e. The Bertz CT molecular complexity index is 815. The maximum Gasteiger partial charge on any atom is 0.258 e. The zero-order valence-electron chi connectivity index (χ0n) is 16.4. The van der Waals surface area contributed by atoms with Gasteiger partial charge in [0.05, 0.1) is 12.6 Å². The van der Waals surface area contributed by atoms with E-state index in [1.807, 2.05) is 48.7 Å². The summed E-state index contributed by atoms with van der Waals surface area (Å²) >= 11 is 1.64. The number of carbonyl (C=O) groups excluding carboxylic acids is 2. The summed E-state index contributed by atoms with van der Waals surface area (Å²) in [5.74, 6) is 1.68. The molecule has 7 heteroatoms. The Morgan fingerprint density at radius 2 is 1.93 bits per heavy atom. The van der Waals surface area contributed by atoms with Gasteiger partial charge in [0, 0.05) is 12.0 Å². The molecule has 6 nitrogen and oxygen atoms in total. The second-order valence-corrected chi connectivity index (χ2v) is 7.73. The maximum absolute atomic E-state index is 12.9. The van der Waals surface area contributed by atoms with Crippen LogP contribution in [-0.4, -0.2) is 43.1 Å². The molecule has 2 amide bonds. The summed E-state index contributed by atoms with van der Waals surface area (Å²) in [4.78, 5) is 25.3. The Labute approximate surface area is 175 Å². The van der Waals surface area contributed by atoms with Gasteiger partial charge in [-0.05, 0) is 36.6 Å². The number of thioether (sulfide) groups is 1. The number of carbonyl (C=O) groups is 2. The lowest BCUT2D eigenvalue weighted by molar-refractivity contribution is -0.130. The van der Waals surface area contributed by atoms with E-state index in [0.29, 0.717) is 25.2 Å². The molecule has 0 bridgehead atoms. The van der Waals surface area contributed by atoms with Crippen LogP contribution in [0.15, 0.2) is 54.6 Å². The van der Waals surface area contributed by atoms with Gasteiger partial charge in [-0.3, -0.25) is 9.59 Å². The van der Waals surface area contributed by atoms with Crippen LogP contribution in [0.25, 0.3) is 0 Å². The topological polar surface area (TPSA) is 76.7 Å². The Hall–Kier alpha value is -2.67. The van der Waals surface area contributed by atoms with Gasteiger partial charge in [-0.1, -0.05) is 36.4 Å². The molecule has 0 aromatic heterocycles. The summed E-state index contributed by atoms with van der Waals surface area (Å²) in [6.07, 6.45) is 3.22. The van der Waals surface area contributed by atoms with Gasteiger partial charge >= 0.3 is 0 Å². The minimum absolute atomic E-state index is 0.123. The summed E-state index contributed by atoms with van der Waals surface area (Å²) < 4.78 is 11.1. The fourth-order valence-corrected chi connectivity index (χ4v) is 3.64. The van der Waals surface area contributed by atoms with Crippen molar-refractivity contribution in [1.29, 1.82) is 0 Å². The van der Waals surface area contributed by atoms with Crippen molar-refractivity contribution in [3.63, 3.8) is 0 Å². The molecule has 0 fully saturated rings. The average molecular weight is 415 g/mol. The van der Waals surface area contributed by atoms with Gasteiger partial charge in [-0.25, -0.2) is 0 Å². The van der Waals surface area contributed by atoms with E-state index in [1.165, 1.54) is 0 Å². The first-order valence-corrected chi connectivity index (χ1v) is 11.0. The van der Waals surface area contributed by atoms with Crippen LogP contribution >= 0.6 is 11.8 Å². The van der Waals surface area contributed by atoms with Crippen LogP contribution in [0.4, 0.5) is 0 Å². The fraction of sp³-hybridized carbons (Fsp3) is 0.364. The number of fused-ring (bicyclic) bond motifs is 1. The summed E-state index contributed by atoms with van der Waals surface area (Å²) in [5.41, 5.74) is 0.967. The van der Waals surface area contributed by atoms with E-state index in [2.05, 4.69) is 10.6 Å². The first kappa shape index (κ1) is 21.0. The fourth-order valence-electron chi connectivity index (χ4n) is 3.17. The first-order valence-electron chi connectivity index (χ1n) is 9.65. The standard InChI is InChI=1S/C22H26N2O4S/c1-29-14-12-19(23-21(25)15-28-16-7-3-2-4-8-16)22(26)24-18-11-13-27-20-10-6-5-9-17(18)20/h2-10,18-19H,11-15H2,1H3,(H,23,25)(H,24,26)/t18-,19-/m1/s1. The normalized spacial score (nSPS) is 16.1. The number of nitrogens with one attached hydrogen (secondary N) is 2. The number of para-hydroxylation sites is 2. The molecule has 2 atom stereocenters. The Morgan fingerprint density at radius 1 is 1.17 bits per heavy atom. The molecule has 0 radical (unpaired) electrons. The van der Waals surface area contributed by atoms with Crippen molar-refractivity contribution in [1.82, 2.24) is 10.6 Å². The van der Waals surface area contributed by atoms with Crippen molar-refractivity contribution in [3.05, 3.63) is 60.2 Å². The summed E-state index contributed by atoms with van der Waals surface area (Å²) in [5, 5.41) is 5.89. The number of hydrogen-bond acceptors (Lipinski definition) is 5. The highest BCUT2D eigenvalue weighted by Gasteiger charge is 2.27. The third-order valence-corrected chi connectivity index (χ3v) is 5.29. The molecule has 2 N–H and O–H groups in total. The minimum atomic E-state index is -0.607. The summed E-state index contributed by atoms with van der Waals surface area (Å²) in [6, 6.07) is 16.1. The summed E-state index contributed by atoms with van der Waals surface area (Å²) in [6.45, 7) is 0.419. The second-order valence-electron chi connectivity index (χ2n) is 6.74. The van der Waals surface area contributed by atoms with Crippen LogP contribution in [0.5, 0.6) is 11.5 Å². The number of ether oxygens (including phenoxy) is 2. The zero-order valence-corrected chi connectivity index (χ0v) is 17.2. The molecule has 0 unspecified atom stereocenters. The van der Waals surface area contributed by atoms with Crippen molar-refractivity contribution < 1.29 is 19.1 Å². The SMILES string of the molecule is CSCC[C@@H](NC(=O)COc1ccccc1)C(=O)N[C@@H]1CCOc2ccccc21. The molecule has 0 saturated heterocycles. The molecular formula is C22H26N2O4S. The second kappa shape index (κ2) is 10.8. The molecular weight excluding hydrogens is 388 g/mol. The molecule has 154 valence electrons. The van der Waals surface area contributed by atoms with Crippen LogP contribution in [0, 0.1) is 0 Å². The molecule has 1 heterocycles. The lowest BCUT2D eigenvalue weighted by atomic mass is 10.00. The Balaban J connectivity index is 1.59. The van der Waals surface area contributed by atoms with Gasteiger partial charge in [0.25, 0.3) is 5.91 Å². The van der Waals surface area contributed by atoms with Gasteiger partial charge in [-0.2, -0.15) is 11.8 Å². The van der Waals surface area contributed by atoms with E-state index in [-0.39, 0.29) is 24.5 Å². The van der Waals surface area contributed by atoms with Crippen LogP contribution < -0.4 is 20.1 Å². The van der Waals surface area contributed by atoms with Gasteiger partial charge in [-0.15, -0.1) is 0 Å². The summed E-state index contributed by atoms with van der Waals surface area (Å²) in [7, 11) is 0. The first-order chi connectivity index (χ1) is 14.2. The molecule has 1 aliphatic heterocycles. The third kappa shape index (κ3) is 6.15. The van der Waals surface area contributed by atoms with Crippen molar-refractivity contribution in [2.75, 3.05) is 25.2 Å². The Morgan fingerprint density at radius 3 is 2.72 bits per heavy atom. The van der Waals surface area contributed by atoms with Gasteiger partial charge in [0.15, 0.2) is 6.61 Å². The van der Waals surface area contributed by atoms with Crippen LogP contribution in [0.1, 0.15) is 24.4 Å². The Kier molecular flexibility index (Phi) is 7.81. The van der Waals surface area contributed by atoms with Crippen LogP contribution in [0.3, 0.4) is 0 Å². The maximum atomic E-state index is 12.9. The number of rotatable bonds is 9. The highest BCUT2D eigenvalue weighted by atomic mass is 32.2. The van der Waals surface area contributed by atoms with Crippen molar-refractivity contribution in [2.24, 2.45) is 0 Å². The highest BCUT2D eigenvalue weighted by Crippen LogP contribution is 2.31. The van der Waals surface area contributed by atoms with E-state index in [1.54, 1.807) is 23.9 Å². The minimum Gasteiger partial charge on any atom is -0.493 e. The third-order valence-electron chi connectivity index (χ3n) is 4.65. The van der Waals surface area contributed by atoms with Crippen LogP contribution in [0.2, 0.25) is 0 Å². The van der Waals surface area contributed by atoms with E-state index in [9.17, 15) is 9.59 Å². The number of hydrogen-bond donors (Lipinski definition) is 2. The molecule has 0 saturated carbocycles. The predicted molar refractivity (Wildman–Crippen MR) is 114 cm³/mol. The lowest BCUT2D eigenvalue weighted by Crippen LogP contribution is -2.49. The zero-order chi connectivity index (χ0) is 20.5. The van der Waals surface area contributed by atoms with E-state index < -0.39 is 6.04 Å². The lowest BCUT2D eigenvalue weighted by Gasteiger charge is -2.28. The smallest absolute Gasteiger partial charge is 0.258 e. The molecule has 2 aromatic rings. The van der Waals surface area contributed by atoms with E-state index >= 15 is 0 Å². The molecule has 29 heavy (non-hydrogen) atoms. The van der Waals surface area contributed by atoms with Crippen molar-refractivity contribution >= 4 is 23.6 Å². The quantitative estimate of drug-likeness (QED) is 0.660. The number of amides is 2. The predicted octanol–water partition coefficient (Wildman–Crippen LogP) is 2.94. The molecule has 0 aliphatic carbocycles. The van der Waals surface area contributed by atoms with Gasteiger partial charge in [0.2, 0.25) is 5.91 Å². The number of benzene rings is 2. The van der Waals surface area contributed by atoms with Crippen LogP contribution in [-0.2, 0) is 9.59 Å². The van der Waals surface area contributed by atoms with E-state index in [0.717, 1.165) is 17.1 Å². The molecule has 0 spiro atoms. The highest BCUT2D eigenvalue weighted by molar-refractivity contribution is 7.98. The molecule has 3 rings (SSSR count). The van der Waals surface area contributed by atoms with Gasteiger partial charge in [0.1, 0.15) is 17.5 Å². The van der Waals surface area contributed by atoms with E-state index in [4.69, 9.17) is 9.47 Å². The average Bonchev–Trinajstić information content (AvgIpc) is 2.76. The van der Waals surface area contributed by atoms with Crippen molar-refractivity contribution in [2.45, 2.75) is 24.9 Å². The van der Waals surface area contributed by atoms with Gasteiger partial charge < -0.3 is 20.1 Å². The van der Waals surface area contributed by atoms with Crippen molar-refractivity contribution in [3.8, 4) is 11.5 Å². The molecule has 1 aliphatic rings. The molecule has 2 aromatic carbocycles. The monoisotopic (exact) mass is 414 g/mol.